The Kier molecular flexibility index (Phi) is 5.13. The maximum absolute atomic E-state index is 12.6. The second-order valence-electron chi connectivity index (χ2n) is 7.81. The van der Waals surface area contributed by atoms with Gasteiger partial charge in [0.25, 0.3) is 11.5 Å². The molecule has 148 valence electrons. The number of carbonyl (C=O) groups excluding carboxylic acids is 1. The van der Waals surface area contributed by atoms with Gasteiger partial charge in [-0.2, -0.15) is 0 Å². The predicted octanol–water partition coefficient (Wildman–Crippen LogP) is 1.73. The zero-order chi connectivity index (χ0) is 19.7. The van der Waals surface area contributed by atoms with Gasteiger partial charge in [-0.15, -0.1) is 5.10 Å². The Hall–Kier alpha value is -2.74. The van der Waals surface area contributed by atoms with Crippen LogP contribution in [-0.2, 0) is 0 Å². The van der Waals surface area contributed by atoms with E-state index in [1.807, 2.05) is 25.1 Å². The smallest absolute Gasteiger partial charge is 0.277 e. The minimum Gasteiger partial charge on any atom is -0.351 e. The fourth-order valence-corrected chi connectivity index (χ4v) is 3.80. The Morgan fingerprint density at radius 2 is 2.11 bits per heavy atom. The number of rotatable bonds is 5. The summed E-state index contributed by atoms with van der Waals surface area (Å²) in [5.74, 6) is 0.454. The molecule has 1 aliphatic heterocycles. The van der Waals surface area contributed by atoms with Crippen molar-refractivity contribution in [3.05, 3.63) is 39.8 Å². The highest BCUT2D eigenvalue weighted by atomic mass is 16.2. The maximum Gasteiger partial charge on any atom is 0.277 e. The molecular weight excluding hydrogens is 356 g/mol. The first-order chi connectivity index (χ1) is 13.5. The van der Waals surface area contributed by atoms with E-state index >= 15 is 0 Å². The fraction of sp³-hybridized carbons (Fsp3) is 0.500. The molecule has 1 saturated heterocycles. The molecule has 3 aromatic rings. The highest BCUT2D eigenvalue weighted by Gasteiger charge is 2.20. The third kappa shape index (κ3) is 3.64. The Labute approximate surface area is 162 Å². The van der Waals surface area contributed by atoms with Crippen LogP contribution in [0.3, 0.4) is 0 Å². The minimum atomic E-state index is -0.365. The molecule has 1 amide bonds. The van der Waals surface area contributed by atoms with Crippen molar-refractivity contribution in [3.8, 4) is 0 Å². The molecule has 2 N–H and O–H groups in total. The van der Waals surface area contributed by atoms with E-state index in [1.165, 1.54) is 17.4 Å². The molecule has 0 atom stereocenters. The third-order valence-electron chi connectivity index (χ3n) is 5.54. The van der Waals surface area contributed by atoms with Crippen molar-refractivity contribution in [2.24, 2.45) is 5.92 Å². The van der Waals surface area contributed by atoms with Gasteiger partial charge in [0.1, 0.15) is 0 Å². The quantitative estimate of drug-likeness (QED) is 0.655. The number of nitrogens with one attached hydrogen (secondary N) is 2. The summed E-state index contributed by atoms with van der Waals surface area (Å²) in [5, 5.41) is 10.9. The molecule has 0 aliphatic carbocycles. The SMILES string of the molecule is Cc1ccc2c(c1)[nH]c(=O)c1c(C(=O)NCCCN3CCC(C)CC3)nnn12. The lowest BCUT2D eigenvalue weighted by Gasteiger charge is -2.30. The van der Waals surface area contributed by atoms with Crippen LogP contribution in [0.2, 0.25) is 0 Å². The zero-order valence-corrected chi connectivity index (χ0v) is 16.4. The maximum atomic E-state index is 12.6. The summed E-state index contributed by atoms with van der Waals surface area (Å²) in [6.45, 7) is 8.03. The van der Waals surface area contributed by atoms with Gasteiger partial charge >= 0.3 is 0 Å². The van der Waals surface area contributed by atoms with Crippen LogP contribution in [0.15, 0.2) is 23.0 Å². The second kappa shape index (κ2) is 7.71. The number of hydrogen-bond acceptors (Lipinski definition) is 5. The van der Waals surface area contributed by atoms with Gasteiger partial charge in [0, 0.05) is 6.54 Å². The molecule has 1 aromatic carbocycles. The van der Waals surface area contributed by atoms with E-state index < -0.39 is 0 Å². The zero-order valence-electron chi connectivity index (χ0n) is 16.4. The number of benzene rings is 1. The number of amides is 1. The molecule has 0 bridgehead atoms. The molecule has 28 heavy (non-hydrogen) atoms. The van der Waals surface area contributed by atoms with Gasteiger partial charge < -0.3 is 15.2 Å². The molecule has 0 spiro atoms. The molecule has 3 heterocycles. The summed E-state index contributed by atoms with van der Waals surface area (Å²) in [6, 6.07) is 5.67. The Bertz CT molecular complexity index is 1060. The van der Waals surface area contributed by atoms with Crippen molar-refractivity contribution < 1.29 is 4.79 Å². The van der Waals surface area contributed by atoms with E-state index in [-0.39, 0.29) is 22.7 Å². The lowest BCUT2D eigenvalue weighted by molar-refractivity contribution is 0.0947. The van der Waals surface area contributed by atoms with Crippen molar-refractivity contribution in [1.82, 2.24) is 30.0 Å². The summed E-state index contributed by atoms with van der Waals surface area (Å²) in [4.78, 5) is 30.3. The van der Waals surface area contributed by atoms with Crippen molar-refractivity contribution in [2.75, 3.05) is 26.2 Å². The van der Waals surface area contributed by atoms with Gasteiger partial charge in [0.15, 0.2) is 11.2 Å². The minimum absolute atomic E-state index is 0.0653. The van der Waals surface area contributed by atoms with Crippen LogP contribution in [0.5, 0.6) is 0 Å². The van der Waals surface area contributed by atoms with E-state index in [2.05, 4.69) is 32.4 Å². The first-order valence-electron chi connectivity index (χ1n) is 9.91. The largest absolute Gasteiger partial charge is 0.351 e. The molecule has 8 heteroatoms. The van der Waals surface area contributed by atoms with Crippen LogP contribution >= 0.6 is 0 Å². The number of carbonyl (C=O) groups is 1. The molecule has 4 rings (SSSR count). The van der Waals surface area contributed by atoms with Gasteiger partial charge in [0.2, 0.25) is 0 Å². The Morgan fingerprint density at radius 1 is 1.32 bits per heavy atom. The standard InChI is InChI=1S/C20H26N6O2/c1-13-6-10-25(11-7-13)9-3-8-21-19(27)17-18-20(28)22-15-12-14(2)4-5-16(15)26(18)24-23-17/h4-5,12-13H,3,6-11H2,1-2H3,(H,21,27)(H,22,28). The lowest BCUT2D eigenvalue weighted by Crippen LogP contribution is -2.35. The topological polar surface area (TPSA) is 95.4 Å². The van der Waals surface area contributed by atoms with Gasteiger partial charge in [-0.1, -0.05) is 18.2 Å². The van der Waals surface area contributed by atoms with Gasteiger partial charge in [-0.3, -0.25) is 9.59 Å². The van der Waals surface area contributed by atoms with E-state index in [9.17, 15) is 9.59 Å². The highest BCUT2D eigenvalue weighted by molar-refractivity contribution is 5.99. The normalized spacial score (nSPS) is 16.1. The molecule has 1 aliphatic rings. The van der Waals surface area contributed by atoms with Crippen LogP contribution in [0.4, 0.5) is 0 Å². The van der Waals surface area contributed by atoms with Crippen LogP contribution in [0.25, 0.3) is 16.6 Å². The molecule has 0 saturated carbocycles. The number of H-pyrrole nitrogens is 1. The summed E-state index contributed by atoms with van der Waals surface area (Å²) in [5.41, 5.74) is 2.30. The molecule has 0 radical (unpaired) electrons. The number of fused-ring (bicyclic) bond motifs is 3. The Balaban J connectivity index is 1.44. The van der Waals surface area contributed by atoms with E-state index in [4.69, 9.17) is 0 Å². The monoisotopic (exact) mass is 382 g/mol. The third-order valence-corrected chi connectivity index (χ3v) is 5.54. The van der Waals surface area contributed by atoms with Gasteiger partial charge in [-0.25, -0.2) is 4.52 Å². The first kappa shape index (κ1) is 18.6. The lowest BCUT2D eigenvalue weighted by atomic mass is 9.99. The fourth-order valence-electron chi connectivity index (χ4n) is 3.80. The molecule has 8 nitrogen and oxygen atoms in total. The number of aromatic nitrogens is 4. The molecule has 2 aromatic heterocycles. The van der Waals surface area contributed by atoms with Crippen molar-refractivity contribution in [3.63, 3.8) is 0 Å². The number of aromatic amines is 1. The summed E-state index contributed by atoms with van der Waals surface area (Å²) in [6.07, 6.45) is 3.36. The summed E-state index contributed by atoms with van der Waals surface area (Å²) < 4.78 is 1.44. The van der Waals surface area contributed by atoms with Crippen molar-refractivity contribution in [1.29, 1.82) is 0 Å². The van der Waals surface area contributed by atoms with Crippen molar-refractivity contribution >= 4 is 22.5 Å². The Morgan fingerprint density at radius 3 is 2.89 bits per heavy atom. The number of nitrogens with zero attached hydrogens (tertiary/aromatic N) is 4. The number of aryl methyl sites for hydroxylation is 1. The van der Waals surface area contributed by atoms with Gasteiger partial charge in [0.05, 0.1) is 11.0 Å². The van der Waals surface area contributed by atoms with Crippen LogP contribution in [0, 0.1) is 12.8 Å². The molecule has 1 fully saturated rings. The first-order valence-corrected chi connectivity index (χ1v) is 9.91. The van der Waals surface area contributed by atoms with E-state index in [0.29, 0.717) is 17.6 Å². The van der Waals surface area contributed by atoms with E-state index in [1.54, 1.807) is 0 Å². The van der Waals surface area contributed by atoms with Crippen LogP contribution in [-0.4, -0.2) is 56.8 Å². The average Bonchev–Trinajstić information content (AvgIpc) is 3.12. The average molecular weight is 382 g/mol. The summed E-state index contributed by atoms with van der Waals surface area (Å²) >= 11 is 0. The van der Waals surface area contributed by atoms with E-state index in [0.717, 1.165) is 37.5 Å². The van der Waals surface area contributed by atoms with Crippen molar-refractivity contribution in [2.45, 2.75) is 33.1 Å². The molecule has 0 unspecified atom stereocenters. The number of hydrogen-bond donors (Lipinski definition) is 2. The van der Waals surface area contributed by atoms with Crippen LogP contribution < -0.4 is 10.9 Å². The predicted molar refractivity (Wildman–Crippen MR) is 108 cm³/mol. The summed E-state index contributed by atoms with van der Waals surface area (Å²) in [7, 11) is 0. The van der Waals surface area contributed by atoms with Gasteiger partial charge in [-0.05, 0) is 69.4 Å². The highest BCUT2D eigenvalue weighted by Crippen LogP contribution is 2.16. The number of piperidine rings is 1. The number of likely N-dealkylation sites (tertiary alicyclic amines) is 1. The molecular formula is C20H26N6O2. The second-order valence-corrected chi connectivity index (χ2v) is 7.81. The van der Waals surface area contributed by atoms with Crippen LogP contribution in [0.1, 0.15) is 42.2 Å².